The van der Waals surface area contributed by atoms with Gasteiger partial charge in [0.05, 0.1) is 11.2 Å². The number of hydrogen-bond acceptors (Lipinski definition) is 3. The summed E-state index contributed by atoms with van der Waals surface area (Å²) in [6.07, 6.45) is 8.26. The van der Waals surface area contributed by atoms with Crippen molar-refractivity contribution in [1.29, 1.82) is 0 Å². The van der Waals surface area contributed by atoms with E-state index in [-0.39, 0.29) is 22.5 Å². The SMILES string of the molecule is O=C(Cn1ncc(Cl)c(Cl)c1=O)N1CCCC2CCCCC21. The third-order valence-corrected chi connectivity index (χ3v) is 5.54. The number of likely N-dealkylation sites (tertiary alicyclic amines) is 1. The van der Waals surface area contributed by atoms with Crippen molar-refractivity contribution < 1.29 is 4.79 Å². The molecule has 0 radical (unpaired) electrons. The molecule has 5 nitrogen and oxygen atoms in total. The van der Waals surface area contributed by atoms with Gasteiger partial charge in [0.2, 0.25) is 5.91 Å². The number of fused-ring (bicyclic) bond motifs is 1. The fraction of sp³-hybridized carbons (Fsp3) is 0.667. The van der Waals surface area contributed by atoms with Gasteiger partial charge >= 0.3 is 0 Å². The van der Waals surface area contributed by atoms with E-state index in [1.807, 2.05) is 4.90 Å². The molecule has 1 aliphatic carbocycles. The molecule has 2 atom stereocenters. The van der Waals surface area contributed by atoms with Crippen LogP contribution in [-0.2, 0) is 11.3 Å². The first-order valence-electron chi connectivity index (χ1n) is 7.78. The van der Waals surface area contributed by atoms with Crippen LogP contribution in [0.15, 0.2) is 11.0 Å². The van der Waals surface area contributed by atoms with Gasteiger partial charge in [-0.15, -0.1) is 0 Å². The van der Waals surface area contributed by atoms with Crippen LogP contribution in [0.5, 0.6) is 0 Å². The van der Waals surface area contributed by atoms with Crippen molar-refractivity contribution in [3.63, 3.8) is 0 Å². The Morgan fingerprint density at radius 3 is 2.77 bits per heavy atom. The first-order valence-corrected chi connectivity index (χ1v) is 8.54. The third kappa shape index (κ3) is 3.01. The van der Waals surface area contributed by atoms with Crippen LogP contribution in [0, 0.1) is 5.92 Å². The van der Waals surface area contributed by atoms with Gasteiger partial charge < -0.3 is 4.90 Å². The maximum absolute atomic E-state index is 12.6. The summed E-state index contributed by atoms with van der Waals surface area (Å²) in [5, 5.41) is 3.94. The van der Waals surface area contributed by atoms with Gasteiger partial charge in [-0.3, -0.25) is 9.59 Å². The summed E-state index contributed by atoms with van der Waals surface area (Å²) in [5.74, 6) is 0.564. The van der Waals surface area contributed by atoms with Gasteiger partial charge in [0, 0.05) is 12.6 Å². The molecule has 2 unspecified atom stereocenters. The summed E-state index contributed by atoms with van der Waals surface area (Å²) in [7, 11) is 0. The lowest BCUT2D eigenvalue weighted by Crippen LogP contribution is -2.51. The van der Waals surface area contributed by atoms with Crippen LogP contribution in [0.4, 0.5) is 0 Å². The molecule has 0 N–H and O–H groups in total. The largest absolute Gasteiger partial charge is 0.338 e. The minimum absolute atomic E-state index is 0.0513. The molecular weight excluding hydrogens is 325 g/mol. The molecule has 1 saturated carbocycles. The predicted molar refractivity (Wildman–Crippen MR) is 85.2 cm³/mol. The van der Waals surface area contributed by atoms with Gasteiger partial charge in [-0.1, -0.05) is 36.0 Å². The monoisotopic (exact) mass is 343 g/mol. The number of piperidine rings is 1. The minimum Gasteiger partial charge on any atom is -0.338 e. The van der Waals surface area contributed by atoms with Gasteiger partial charge in [-0.2, -0.15) is 5.10 Å². The van der Waals surface area contributed by atoms with Crippen molar-refractivity contribution in [2.75, 3.05) is 6.54 Å². The van der Waals surface area contributed by atoms with Crippen molar-refractivity contribution in [3.8, 4) is 0 Å². The molecule has 0 bridgehead atoms. The minimum atomic E-state index is -0.514. The normalized spacial score (nSPS) is 24.9. The summed E-state index contributed by atoms with van der Waals surface area (Å²) in [4.78, 5) is 26.6. The molecule has 0 aromatic carbocycles. The lowest BCUT2D eigenvalue weighted by Gasteiger charge is -2.44. The number of carbonyl (C=O) groups excluding carboxylic acids is 1. The zero-order valence-corrected chi connectivity index (χ0v) is 13.8. The van der Waals surface area contributed by atoms with Crippen LogP contribution in [0.1, 0.15) is 38.5 Å². The molecule has 2 aliphatic rings. The van der Waals surface area contributed by atoms with E-state index in [0.29, 0.717) is 12.0 Å². The Labute approximate surface area is 139 Å². The summed E-state index contributed by atoms with van der Waals surface area (Å²) in [5.41, 5.74) is -0.514. The second-order valence-electron chi connectivity index (χ2n) is 6.11. The van der Waals surface area contributed by atoms with E-state index in [4.69, 9.17) is 23.2 Å². The first kappa shape index (κ1) is 15.8. The van der Waals surface area contributed by atoms with E-state index in [1.165, 1.54) is 31.9 Å². The summed E-state index contributed by atoms with van der Waals surface area (Å²) in [6.45, 7) is 0.703. The quantitative estimate of drug-likeness (QED) is 0.829. The van der Waals surface area contributed by atoms with Gasteiger partial charge in [0.15, 0.2) is 0 Å². The summed E-state index contributed by atoms with van der Waals surface area (Å²) in [6, 6.07) is 0.327. The van der Waals surface area contributed by atoms with Gasteiger partial charge in [-0.05, 0) is 31.6 Å². The van der Waals surface area contributed by atoms with Crippen molar-refractivity contribution in [2.45, 2.75) is 51.1 Å². The average molecular weight is 344 g/mol. The molecule has 1 aliphatic heterocycles. The Bertz CT molecular complexity index is 630. The number of nitrogens with zero attached hydrogens (tertiary/aromatic N) is 3. The van der Waals surface area contributed by atoms with Crippen molar-refractivity contribution >= 4 is 29.1 Å². The molecule has 120 valence electrons. The van der Waals surface area contributed by atoms with Crippen LogP contribution in [0.3, 0.4) is 0 Å². The highest BCUT2D eigenvalue weighted by atomic mass is 35.5. The fourth-order valence-electron chi connectivity index (χ4n) is 3.71. The predicted octanol–water partition coefficient (Wildman–Crippen LogP) is 2.73. The van der Waals surface area contributed by atoms with Crippen LogP contribution in [0.2, 0.25) is 10.0 Å². The molecule has 1 amide bonds. The maximum atomic E-state index is 12.6. The number of hydrogen-bond donors (Lipinski definition) is 0. The molecule has 22 heavy (non-hydrogen) atoms. The van der Waals surface area contributed by atoms with Crippen molar-refractivity contribution in [2.24, 2.45) is 5.92 Å². The zero-order valence-electron chi connectivity index (χ0n) is 12.3. The highest BCUT2D eigenvalue weighted by Crippen LogP contribution is 2.35. The Hall–Kier alpha value is -1.07. The Kier molecular flexibility index (Phi) is 4.73. The Morgan fingerprint density at radius 1 is 1.23 bits per heavy atom. The van der Waals surface area contributed by atoms with E-state index in [0.717, 1.165) is 24.1 Å². The van der Waals surface area contributed by atoms with E-state index >= 15 is 0 Å². The van der Waals surface area contributed by atoms with Crippen molar-refractivity contribution in [3.05, 3.63) is 26.6 Å². The van der Waals surface area contributed by atoms with Gasteiger partial charge in [0.1, 0.15) is 11.6 Å². The molecule has 2 heterocycles. The average Bonchev–Trinajstić information content (AvgIpc) is 2.55. The Morgan fingerprint density at radius 2 is 1.95 bits per heavy atom. The molecular formula is C15H19Cl2N3O2. The lowest BCUT2D eigenvalue weighted by atomic mass is 9.78. The molecule has 1 saturated heterocycles. The molecule has 0 spiro atoms. The lowest BCUT2D eigenvalue weighted by molar-refractivity contribution is -0.138. The smallest absolute Gasteiger partial charge is 0.287 e. The highest BCUT2D eigenvalue weighted by Gasteiger charge is 2.35. The molecule has 1 aromatic rings. The first-order chi connectivity index (χ1) is 10.6. The fourth-order valence-corrected chi connectivity index (χ4v) is 3.98. The van der Waals surface area contributed by atoms with Crippen LogP contribution in [0.25, 0.3) is 0 Å². The number of carbonyl (C=O) groups is 1. The second-order valence-corrected chi connectivity index (χ2v) is 6.90. The maximum Gasteiger partial charge on any atom is 0.287 e. The third-order valence-electron chi connectivity index (χ3n) is 4.79. The van der Waals surface area contributed by atoms with E-state index in [1.54, 1.807) is 0 Å². The number of rotatable bonds is 2. The second kappa shape index (κ2) is 6.59. The van der Waals surface area contributed by atoms with Crippen LogP contribution in [-0.4, -0.2) is 33.2 Å². The standard InChI is InChI=1S/C15H19Cl2N3O2/c16-11-8-18-20(15(22)14(11)17)9-13(21)19-7-3-5-10-4-1-2-6-12(10)19/h8,10,12H,1-7,9H2. The molecule has 7 heteroatoms. The van der Waals surface area contributed by atoms with E-state index < -0.39 is 5.56 Å². The molecule has 3 rings (SSSR count). The van der Waals surface area contributed by atoms with E-state index in [9.17, 15) is 9.59 Å². The summed E-state index contributed by atoms with van der Waals surface area (Å²) >= 11 is 11.6. The number of aromatic nitrogens is 2. The number of amides is 1. The zero-order chi connectivity index (χ0) is 15.7. The topological polar surface area (TPSA) is 55.2 Å². The van der Waals surface area contributed by atoms with Crippen LogP contribution >= 0.6 is 23.2 Å². The summed E-state index contributed by atoms with van der Waals surface area (Å²) < 4.78 is 1.10. The van der Waals surface area contributed by atoms with Gasteiger partial charge in [0.25, 0.3) is 5.56 Å². The molecule has 2 fully saturated rings. The van der Waals surface area contributed by atoms with Crippen LogP contribution < -0.4 is 5.56 Å². The van der Waals surface area contributed by atoms with Crippen molar-refractivity contribution in [1.82, 2.24) is 14.7 Å². The van der Waals surface area contributed by atoms with Gasteiger partial charge in [-0.25, -0.2) is 4.68 Å². The molecule has 1 aromatic heterocycles. The highest BCUT2D eigenvalue weighted by molar-refractivity contribution is 6.41. The van der Waals surface area contributed by atoms with E-state index in [2.05, 4.69) is 5.10 Å². The Balaban J connectivity index is 1.76. The number of halogens is 2.